The Morgan fingerprint density at radius 3 is 2.95 bits per heavy atom. The first-order valence-corrected chi connectivity index (χ1v) is 6.43. The molecule has 0 aliphatic carbocycles. The number of carbonyl (C=O) groups is 1. The van der Waals surface area contributed by atoms with Gasteiger partial charge in [-0.1, -0.05) is 11.8 Å². The van der Waals surface area contributed by atoms with Gasteiger partial charge in [-0.15, -0.1) is 0 Å². The molecule has 0 aliphatic heterocycles. The molecule has 6 nitrogen and oxygen atoms in total. The second-order valence-corrected chi connectivity index (χ2v) is 4.44. The van der Waals surface area contributed by atoms with Crippen molar-refractivity contribution in [2.45, 2.75) is 13.5 Å². The average Bonchev–Trinajstić information content (AvgIpc) is 2.82. The molecule has 0 radical (unpaired) electrons. The molecule has 21 heavy (non-hydrogen) atoms. The summed E-state index contributed by atoms with van der Waals surface area (Å²) >= 11 is 0. The lowest BCUT2D eigenvalue weighted by atomic mass is 10.1. The van der Waals surface area contributed by atoms with Crippen molar-refractivity contribution in [2.75, 3.05) is 6.61 Å². The summed E-state index contributed by atoms with van der Waals surface area (Å²) in [5, 5.41) is 15.7. The van der Waals surface area contributed by atoms with E-state index in [-0.39, 0.29) is 12.5 Å². The van der Waals surface area contributed by atoms with Gasteiger partial charge in [0.05, 0.1) is 17.3 Å². The zero-order valence-corrected chi connectivity index (χ0v) is 11.9. The van der Waals surface area contributed by atoms with E-state index in [4.69, 9.17) is 5.11 Å². The van der Waals surface area contributed by atoms with E-state index in [1.165, 1.54) is 12.4 Å². The Labute approximate surface area is 122 Å². The Bertz CT molecular complexity index is 710. The third-order valence-corrected chi connectivity index (χ3v) is 3.14. The molecular formula is C15H16N4O2. The number of carbonyl (C=O) groups excluding carboxylic acids is 1. The first-order valence-electron chi connectivity index (χ1n) is 6.43. The van der Waals surface area contributed by atoms with Gasteiger partial charge in [0.15, 0.2) is 0 Å². The van der Waals surface area contributed by atoms with Gasteiger partial charge in [-0.2, -0.15) is 5.10 Å². The first-order chi connectivity index (χ1) is 10.1. The maximum atomic E-state index is 12.2. The topological polar surface area (TPSA) is 80.0 Å². The number of amides is 1. The second kappa shape index (κ2) is 6.68. The van der Waals surface area contributed by atoms with E-state index in [1.807, 2.05) is 14.0 Å². The Morgan fingerprint density at radius 1 is 1.48 bits per heavy atom. The Hall–Kier alpha value is -2.65. The van der Waals surface area contributed by atoms with E-state index in [1.54, 1.807) is 16.9 Å². The van der Waals surface area contributed by atoms with E-state index in [9.17, 15) is 4.79 Å². The molecule has 2 heterocycles. The molecule has 2 aromatic heterocycles. The molecule has 6 heteroatoms. The third-order valence-electron chi connectivity index (χ3n) is 3.14. The molecule has 0 aliphatic rings. The molecule has 0 spiro atoms. The molecule has 0 fully saturated rings. The molecule has 0 bridgehead atoms. The van der Waals surface area contributed by atoms with Gasteiger partial charge >= 0.3 is 0 Å². The number of aliphatic hydroxyl groups excluding tert-OH is 1. The van der Waals surface area contributed by atoms with Gasteiger partial charge in [0.25, 0.3) is 5.91 Å². The molecule has 0 aromatic carbocycles. The predicted molar refractivity (Wildman–Crippen MR) is 77.3 cm³/mol. The number of aryl methyl sites for hydroxylation is 1. The summed E-state index contributed by atoms with van der Waals surface area (Å²) in [7, 11) is 1.85. The van der Waals surface area contributed by atoms with Crippen LogP contribution in [0.1, 0.15) is 27.2 Å². The maximum Gasteiger partial charge on any atom is 0.252 e. The standard InChI is InChI=1S/C15H16N4O2/c1-11-13(10-18-19(11)2)9-17-15(21)14-5-6-16-8-12(14)4-3-7-20/h5-6,8,10,20H,7,9H2,1-2H3,(H,17,21). The van der Waals surface area contributed by atoms with Crippen molar-refractivity contribution in [3.05, 3.63) is 47.0 Å². The lowest BCUT2D eigenvalue weighted by Crippen LogP contribution is -2.24. The molecule has 2 rings (SSSR count). The van der Waals surface area contributed by atoms with Crippen LogP contribution in [-0.4, -0.2) is 32.4 Å². The van der Waals surface area contributed by atoms with Crippen molar-refractivity contribution in [3.8, 4) is 11.8 Å². The van der Waals surface area contributed by atoms with Gasteiger partial charge in [-0.05, 0) is 13.0 Å². The van der Waals surface area contributed by atoms with E-state index < -0.39 is 0 Å². The summed E-state index contributed by atoms with van der Waals surface area (Å²) in [4.78, 5) is 16.2. The number of nitrogens with zero attached hydrogens (tertiary/aromatic N) is 3. The average molecular weight is 284 g/mol. The summed E-state index contributed by atoms with van der Waals surface area (Å²) in [6.07, 6.45) is 4.77. The minimum atomic E-state index is -0.259. The van der Waals surface area contributed by atoms with Gasteiger partial charge in [0.1, 0.15) is 6.61 Å². The van der Waals surface area contributed by atoms with Crippen LogP contribution in [0.2, 0.25) is 0 Å². The fraction of sp³-hybridized carbons (Fsp3) is 0.267. The van der Waals surface area contributed by atoms with Crippen LogP contribution in [-0.2, 0) is 13.6 Å². The third kappa shape index (κ3) is 3.46. The lowest BCUT2D eigenvalue weighted by molar-refractivity contribution is 0.0950. The summed E-state index contributed by atoms with van der Waals surface area (Å²) in [5.41, 5.74) is 2.90. The number of aliphatic hydroxyl groups is 1. The summed E-state index contributed by atoms with van der Waals surface area (Å²) in [6.45, 7) is 2.08. The van der Waals surface area contributed by atoms with E-state index in [2.05, 4.69) is 27.2 Å². The van der Waals surface area contributed by atoms with Crippen LogP contribution in [0.25, 0.3) is 0 Å². The lowest BCUT2D eigenvalue weighted by Gasteiger charge is -2.06. The normalized spacial score (nSPS) is 9.86. The van der Waals surface area contributed by atoms with Crippen LogP contribution in [0.4, 0.5) is 0 Å². The van der Waals surface area contributed by atoms with Crippen molar-refractivity contribution >= 4 is 5.91 Å². The Kier molecular flexibility index (Phi) is 4.69. The van der Waals surface area contributed by atoms with Crippen LogP contribution < -0.4 is 5.32 Å². The molecule has 0 saturated carbocycles. The van der Waals surface area contributed by atoms with E-state index in [0.29, 0.717) is 17.7 Å². The number of hydrogen-bond donors (Lipinski definition) is 2. The number of hydrogen-bond acceptors (Lipinski definition) is 4. The van der Waals surface area contributed by atoms with Gasteiger partial charge < -0.3 is 10.4 Å². The molecule has 0 saturated heterocycles. The molecule has 0 unspecified atom stereocenters. The summed E-state index contributed by atoms with van der Waals surface area (Å²) in [5.74, 6) is 5.00. The van der Waals surface area contributed by atoms with Crippen LogP contribution in [0.15, 0.2) is 24.7 Å². The van der Waals surface area contributed by atoms with Gasteiger partial charge in [0, 0.05) is 37.2 Å². The monoisotopic (exact) mass is 284 g/mol. The number of aromatic nitrogens is 3. The molecule has 108 valence electrons. The van der Waals surface area contributed by atoms with Crippen LogP contribution in [0.3, 0.4) is 0 Å². The quantitative estimate of drug-likeness (QED) is 0.799. The highest BCUT2D eigenvalue weighted by Crippen LogP contribution is 2.08. The highest BCUT2D eigenvalue weighted by molar-refractivity contribution is 5.96. The van der Waals surface area contributed by atoms with E-state index in [0.717, 1.165) is 11.3 Å². The minimum Gasteiger partial charge on any atom is -0.384 e. The zero-order valence-electron chi connectivity index (χ0n) is 11.9. The molecule has 2 N–H and O–H groups in total. The molecule has 0 atom stereocenters. The van der Waals surface area contributed by atoms with Crippen LogP contribution in [0.5, 0.6) is 0 Å². The second-order valence-electron chi connectivity index (χ2n) is 4.44. The highest BCUT2D eigenvalue weighted by Gasteiger charge is 2.11. The van der Waals surface area contributed by atoms with Gasteiger partial charge in [-0.3, -0.25) is 14.5 Å². The number of pyridine rings is 1. The van der Waals surface area contributed by atoms with Crippen molar-refractivity contribution in [1.29, 1.82) is 0 Å². The summed E-state index contributed by atoms with van der Waals surface area (Å²) in [6, 6.07) is 1.60. The van der Waals surface area contributed by atoms with Crippen molar-refractivity contribution in [3.63, 3.8) is 0 Å². The highest BCUT2D eigenvalue weighted by atomic mass is 16.2. The van der Waals surface area contributed by atoms with Gasteiger partial charge in [0.2, 0.25) is 0 Å². The largest absolute Gasteiger partial charge is 0.384 e. The molecule has 2 aromatic rings. The minimum absolute atomic E-state index is 0.233. The van der Waals surface area contributed by atoms with Crippen molar-refractivity contribution < 1.29 is 9.90 Å². The molecule has 1 amide bonds. The fourth-order valence-electron chi connectivity index (χ4n) is 1.82. The Balaban J connectivity index is 2.12. The summed E-state index contributed by atoms with van der Waals surface area (Å²) < 4.78 is 1.76. The van der Waals surface area contributed by atoms with Crippen LogP contribution >= 0.6 is 0 Å². The predicted octanol–water partition coefficient (Wildman–Crippen LogP) is 0.397. The molecular weight excluding hydrogens is 268 g/mol. The Morgan fingerprint density at radius 2 is 2.29 bits per heavy atom. The SMILES string of the molecule is Cc1c(CNC(=O)c2ccncc2C#CCO)cnn1C. The maximum absolute atomic E-state index is 12.2. The van der Waals surface area contributed by atoms with E-state index >= 15 is 0 Å². The van der Waals surface area contributed by atoms with Crippen molar-refractivity contribution in [2.24, 2.45) is 7.05 Å². The number of rotatable bonds is 3. The zero-order chi connectivity index (χ0) is 15.2. The van der Waals surface area contributed by atoms with Crippen LogP contribution in [0, 0.1) is 18.8 Å². The smallest absolute Gasteiger partial charge is 0.252 e. The first kappa shape index (κ1) is 14.8. The van der Waals surface area contributed by atoms with Gasteiger partial charge in [-0.25, -0.2) is 0 Å². The van der Waals surface area contributed by atoms with Crippen molar-refractivity contribution in [1.82, 2.24) is 20.1 Å². The fourth-order valence-corrected chi connectivity index (χ4v) is 1.82. The number of nitrogens with one attached hydrogen (secondary N) is 1.